The second-order valence-electron chi connectivity index (χ2n) is 9.41. The van der Waals surface area contributed by atoms with Gasteiger partial charge in [0.05, 0.1) is 18.0 Å². The van der Waals surface area contributed by atoms with Gasteiger partial charge in [-0.15, -0.1) is 0 Å². The van der Waals surface area contributed by atoms with Crippen molar-refractivity contribution >= 4 is 17.6 Å². The van der Waals surface area contributed by atoms with E-state index in [0.717, 1.165) is 17.7 Å². The van der Waals surface area contributed by atoms with Gasteiger partial charge in [0.1, 0.15) is 12.4 Å². The van der Waals surface area contributed by atoms with E-state index in [2.05, 4.69) is 18.9 Å². The molecule has 3 fully saturated rings. The third-order valence-electron chi connectivity index (χ3n) is 8.32. The lowest BCUT2D eigenvalue weighted by atomic mass is 9.67. The Morgan fingerprint density at radius 3 is 2.73 bits per heavy atom. The summed E-state index contributed by atoms with van der Waals surface area (Å²) in [6.45, 7) is 4.65. The van der Waals surface area contributed by atoms with Gasteiger partial charge in [-0.25, -0.2) is 4.79 Å². The van der Waals surface area contributed by atoms with Crippen LogP contribution in [0.3, 0.4) is 0 Å². The van der Waals surface area contributed by atoms with E-state index < -0.39 is 23.4 Å². The van der Waals surface area contributed by atoms with Crippen molar-refractivity contribution in [1.29, 1.82) is 0 Å². The second-order valence-corrected chi connectivity index (χ2v) is 9.41. The molecule has 30 heavy (non-hydrogen) atoms. The maximum absolute atomic E-state index is 13.5. The largest absolute Gasteiger partial charge is 0.508 e. The molecule has 7 heteroatoms. The Balaban J connectivity index is 1.56. The van der Waals surface area contributed by atoms with E-state index in [0.29, 0.717) is 13.0 Å². The van der Waals surface area contributed by atoms with Crippen LogP contribution in [0, 0.1) is 17.8 Å². The summed E-state index contributed by atoms with van der Waals surface area (Å²) in [6, 6.07) is 5.60. The van der Waals surface area contributed by atoms with Crippen molar-refractivity contribution < 1.29 is 24.5 Å². The fourth-order valence-corrected chi connectivity index (χ4v) is 6.82. The first-order chi connectivity index (χ1) is 14.3. The Kier molecular flexibility index (Phi) is 4.33. The third-order valence-corrected chi connectivity index (χ3v) is 8.32. The fraction of sp³-hybridized carbons (Fsp3) is 0.652. The van der Waals surface area contributed by atoms with E-state index >= 15 is 0 Å². The van der Waals surface area contributed by atoms with Crippen molar-refractivity contribution in [3.63, 3.8) is 0 Å². The van der Waals surface area contributed by atoms with Gasteiger partial charge < -0.3 is 24.7 Å². The number of esters is 1. The first kappa shape index (κ1) is 19.7. The van der Waals surface area contributed by atoms with Gasteiger partial charge in [-0.05, 0) is 48.9 Å². The molecule has 1 aromatic carbocycles. The van der Waals surface area contributed by atoms with Crippen molar-refractivity contribution in [3.8, 4) is 5.75 Å². The molecule has 0 saturated carbocycles. The Morgan fingerprint density at radius 1 is 1.27 bits per heavy atom. The zero-order chi connectivity index (χ0) is 21.4. The van der Waals surface area contributed by atoms with Gasteiger partial charge >= 0.3 is 5.97 Å². The number of likely N-dealkylation sites (N-methyl/N-ethyl adjacent to an activating group) is 1. The molecule has 0 bridgehead atoms. The first-order valence-electron chi connectivity index (χ1n) is 11.1. The molecule has 4 heterocycles. The van der Waals surface area contributed by atoms with E-state index in [9.17, 15) is 19.8 Å². The quantitative estimate of drug-likeness (QED) is 0.718. The average molecular weight is 415 g/mol. The number of phenolic OH excluding ortho intramolecular Hbond substituents is 1. The highest BCUT2D eigenvalue weighted by Gasteiger charge is 2.62. The predicted octanol–water partition coefficient (Wildman–Crippen LogP) is 1.87. The Hall–Kier alpha value is -2.28. The van der Waals surface area contributed by atoms with Crippen molar-refractivity contribution in [1.82, 2.24) is 4.90 Å². The van der Waals surface area contributed by atoms with Gasteiger partial charge in [-0.1, -0.05) is 13.8 Å². The van der Waals surface area contributed by atoms with Crippen LogP contribution in [0.15, 0.2) is 18.2 Å². The predicted molar refractivity (Wildman–Crippen MR) is 110 cm³/mol. The fourth-order valence-electron chi connectivity index (χ4n) is 6.82. The van der Waals surface area contributed by atoms with Gasteiger partial charge in [0, 0.05) is 31.1 Å². The number of piperidine rings is 1. The summed E-state index contributed by atoms with van der Waals surface area (Å²) in [6.07, 6.45) is 1.77. The molecule has 7 atom stereocenters. The summed E-state index contributed by atoms with van der Waals surface area (Å²) in [7, 11) is 2.06. The van der Waals surface area contributed by atoms with Crippen molar-refractivity contribution in [2.45, 2.75) is 56.7 Å². The molecule has 4 aliphatic rings. The maximum atomic E-state index is 13.5. The van der Waals surface area contributed by atoms with Crippen LogP contribution >= 0.6 is 0 Å². The normalized spacial score (nSPS) is 39.7. The summed E-state index contributed by atoms with van der Waals surface area (Å²) >= 11 is 0. The molecule has 4 aliphatic heterocycles. The van der Waals surface area contributed by atoms with Crippen LogP contribution in [-0.2, 0) is 14.3 Å². The number of benzene rings is 1. The number of cyclic esters (lactones) is 1. The van der Waals surface area contributed by atoms with Crippen LogP contribution in [0.4, 0.5) is 5.69 Å². The van der Waals surface area contributed by atoms with Crippen LogP contribution in [-0.4, -0.2) is 64.9 Å². The van der Waals surface area contributed by atoms with Crippen LogP contribution in [0.1, 0.15) is 44.6 Å². The highest BCUT2D eigenvalue weighted by Crippen LogP contribution is 2.53. The molecule has 5 rings (SSSR count). The summed E-state index contributed by atoms with van der Waals surface area (Å²) in [5.41, 5.74) is 0.629. The lowest BCUT2D eigenvalue weighted by Gasteiger charge is -2.50. The number of carbonyl (C=O) groups excluding carboxylic acids is 2. The van der Waals surface area contributed by atoms with Crippen LogP contribution in [0.25, 0.3) is 0 Å². The smallest absolute Gasteiger partial charge is 0.338 e. The molecular formula is C23H30N2O5. The minimum atomic E-state index is -1.59. The molecule has 0 radical (unpaired) electrons. The summed E-state index contributed by atoms with van der Waals surface area (Å²) < 4.78 is 5.24. The van der Waals surface area contributed by atoms with Gasteiger partial charge in [0.15, 0.2) is 5.60 Å². The van der Waals surface area contributed by atoms with Crippen molar-refractivity contribution in [2.75, 3.05) is 25.1 Å². The van der Waals surface area contributed by atoms with Crippen LogP contribution < -0.4 is 4.90 Å². The lowest BCUT2D eigenvalue weighted by Crippen LogP contribution is -2.64. The van der Waals surface area contributed by atoms with Gasteiger partial charge in [-0.3, -0.25) is 4.79 Å². The number of amides is 1. The molecule has 7 nitrogen and oxygen atoms in total. The molecule has 1 amide bonds. The number of rotatable bonds is 2. The number of carbonyl (C=O) groups is 2. The molecule has 2 N–H and O–H groups in total. The number of aromatic hydroxyl groups is 1. The van der Waals surface area contributed by atoms with Gasteiger partial charge in [0.25, 0.3) is 0 Å². The number of hydrogen-bond donors (Lipinski definition) is 2. The van der Waals surface area contributed by atoms with Crippen LogP contribution in [0.2, 0.25) is 0 Å². The SMILES string of the molecule is CCC1c2cc(O)ccc2N(C)C2C1CN1C(=O)C3COC(=O)[C@](O)(CC)C3CC21. The number of hydrogen-bond acceptors (Lipinski definition) is 6. The zero-order valence-corrected chi connectivity index (χ0v) is 17.7. The second kappa shape index (κ2) is 6.61. The monoisotopic (exact) mass is 414 g/mol. The van der Waals surface area contributed by atoms with Crippen molar-refractivity contribution in [3.05, 3.63) is 23.8 Å². The number of aliphatic hydroxyl groups is 1. The zero-order valence-electron chi connectivity index (χ0n) is 17.7. The molecule has 0 aromatic heterocycles. The molecule has 6 unspecified atom stereocenters. The maximum Gasteiger partial charge on any atom is 0.338 e. The minimum Gasteiger partial charge on any atom is -0.508 e. The minimum absolute atomic E-state index is 0.000168. The van der Waals surface area contributed by atoms with E-state index in [4.69, 9.17) is 4.74 Å². The third kappa shape index (κ3) is 2.41. The number of nitrogens with zero attached hydrogens (tertiary/aromatic N) is 2. The van der Waals surface area contributed by atoms with E-state index in [1.54, 1.807) is 13.0 Å². The Labute approximate surface area is 176 Å². The molecule has 0 spiro atoms. The number of anilines is 1. The van der Waals surface area contributed by atoms with E-state index in [-0.39, 0.29) is 48.6 Å². The number of phenols is 1. The number of fused-ring (bicyclic) bond motifs is 5. The Morgan fingerprint density at radius 2 is 2.03 bits per heavy atom. The Bertz CT molecular complexity index is 904. The molecule has 3 saturated heterocycles. The topological polar surface area (TPSA) is 90.3 Å². The van der Waals surface area contributed by atoms with Gasteiger partial charge in [-0.2, -0.15) is 0 Å². The van der Waals surface area contributed by atoms with E-state index in [1.165, 1.54) is 0 Å². The highest BCUT2D eigenvalue weighted by atomic mass is 16.6. The molecular weight excluding hydrogens is 384 g/mol. The van der Waals surface area contributed by atoms with Gasteiger partial charge in [0.2, 0.25) is 5.91 Å². The van der Waals surface area contributed by atoms with E-state index in [1.807, 2.05) is 17.0 Å². The van der Waals surface area contributed by atoms with Crippen molar-refractivity contribution in [2.24, 2.45) is 17.8 Å². The molecule has 0 aliphatic carbocycles. The first-order valence-corrected chi connectivity index (χ1v) is 11.1. The average Bonchev–Trinajstić information content (AvgIpc) is 3.11. The highest BCUT2D eigenvalue weighted by molar-refractivity contribution is 5.87. The summed E-state index contributed by atoms with van der Waals surface area (Å²) in [5.74, 6) is -0.717. The van der Waals surface area contributed by atoms with Crippen LogP contribution in [0.5, 0.6) is 5.75 Å². The molecule has 1 aromatic rings. The standard InChI is InChI=1S/C23H30N2O5/c1-4-13-14-8-12(26)6-7-18(14)24(3)20-15(13)10-25-19(20)9-17-16(21(25)27)11-30-22(28)23(17,29)5-2/h6-8,13,15-17,19-20,26,29H,4-5,9-11H2,1-3H3/t13?,15?,16?,17?,19?,20?,23-/m0/s1. The summed E-state index contributed by atoms with van der Waals surface area (Å²) in [5, 5.41) is 21.2. The molecule has 162 valence electrons. The number of ether oxygens (including phenoxy) is 1. The summed E-state index contributed by atoms with van der Waals surface area (Å²) in [4.78, 5) is 30.1. The lowest BCUT2D eigenvalue weighted by molar-refractivity contribution is -0.201.